The first kappa shape index (κ1) is 11.0. The minimum atomic E-state index is -0.0492. The molecule has 4 nitrogen and oxygen atoms in total. The predicted octanol–water partition coefficient (Wildman–Crippen LogP) is 1.04. The van der Waals surface area contributed by atoms with Crippen LogP contribution in [-0.2, 0) is 4.74 Å². The molecule has 1 atom stereocenters. The molecule has 0 aromatic heterocycles. The van der Waals surface area contributed by atoms with E-state index in [1.54, 1.807) is 24.3 Å². The van der Waals surface area contributed by atoms with Gasteiger partial charge < -0.3 is 15.8 Å². The Morgan fingerprint density at radius 1 is 1.44 bits per heavy atom. The van der Waals surface area contributed by atoms with E-state index in [2.05, 4.69) is 5.32 Å². The molecule has 3 N–H and O–H groups in total. The van der Waals surface area contributed by atoms with E-state index in [9.17, 15) is 4.79 Å². The molecule has 4 heteroatoms. The van der Waals surface area contributed by atoms with E-state index in [4.69, 9.17) is 10.5 Å². The topological polar surface area (TPSA) is 64.4 Å². The Morgan fingerprint density at radius 2 is 2.19 bits per heavy atom. The van der Waals surface area contributed by atoms with Crippen LogP contribution < -0.4 is 11.1 Å². The van der Waals surface area contributed by atoms with Crippen LogP contribution in [0.1, 0.15) is 16.8 Å². The van der Waals surface area contributed by atoms with Crippen LogP contribution in [0.25, 0.3) is 0 Å². The smallest absolute Gasteiger partial charge is 0.251 e. The zero-order valence-corrected chi connectivity index (χ0v) is 9.11. The third kappa shape index (κ3) is 2.73. The molecule has 0 aliphatic carbocycles. The minimum absolute atomic E-state index is 0.0492. The second kappa shape index (κ2) is 4.99. The first-order valence-corrected chi connectivity index (χ1v) is 5.47. The number of anilines is 1. The lowest BCUT2D eigenvalue weighted by atomic mass is 10.1. The van der Waals surface area contributed by atoms with E-state index in [-0.39, 0.29) is 5.91 Å². The summed E-state index contributed by atoms with van der Waals surface area (Å²) in [4.78, 5) is 11.7. The molecular formula is C12H16N2O2. The van der Waals surface area contributed by atoms with Gasteiger partial charge >= 0.3 is 0 Å². The van der Waals surface area contributed by atoms with E-state index < -0.39 is 0 Å². The molecule has 2 rings (SSSR count). The Kier molecular flexibility index (Phi) is 3.41. The summed E-state index contributed by atoms with van der Waals surface area (Å²) < 4.78 is 5.24. The summed E-state index contributed by atoms with van der Waals surface area (Å²) in [5.41, 5.74) is 6.87. The van der Waals surface area contributed by atoms with Gasteiger partial charge in [0.1, 0.15) is 0 Å². The standard InChI is InChI=1S/C12H16N2O2/c13-11-3-1-10(2-4-11)12(15)14-7-9-5-6-16-8-9/h1-4,9H,5-8,13H2,(H,14,15). The largest absolute Gasteiger partial charge is 0.399 e. The SMILES string of the molecule is Nc1ccc(C(=O)NCC2CCOC2)cc1. The van der Waals surface area contributed by atoms with Crippen LogP contribution in [0.5, 0.6) is 0 Å². The number of amides is 1. The van der Waals surface area contributed by atoms with Crippen molar-refractivity contribution in [1.82, 2.24) is 5.32 Å². The summed E-state index contributed by atoms with van der Waals surface area (Å²) >= 11 is 0. The van der Waals surface area contributed by atoms with Gasteiger partial charge in [0, 0.05) is 30.3 Å². The molecule has 1 aromatic rings. The second-order valence-corrected chi connectivity index (χ2v) is 4.06. The van der Waals surface area contributed by atoms with Crippen LogP contribution in [0, 0.1) is 5.92 Å². The number of ether oxygens (including phenoxy) is 1. The maximum Gasteiger partial charge on any atom is 0.251 e. The van der Waals surface area contributed by atoms with Gasteiger partial charge in [-0.2, -0.15) is 0 Å². The zero-order chi connectivity index (χ0) is 11.4. The quantitative estimate of drug-likeness (QED) is 0.748. The predicted molar refractivity (Wildman–Crippen MR) is 62.1 cm³/mol. The van der Waals surface area contributed by atoms with E-state index in [1.807, 2.05) is 0 Å². The maximum absolute atomic E-state index is 11.7. The van der Waals surface area contributed by atoms with Crippen molar-refractivity contribution in [2.45, 2.75) is 6.42 Å². The number of nitrogens with one attached hydrogen (secondary N) is 1. The van der Waals surface area contributed by atoms with Crippen LogP contribution >= 0.6 is 0 Å². The normalized spacial score (nSPS) is 19.6. The highest BCUT2D eigenvalue weighted by Crippen LogP contribution is 2.11. The van der Waals surface area contributed by atoms with Gasteiger partial charge in [-0.3, -0.25) is 4.79 Å². The first-order valence-electron chi connectivity index (χ1n) is 5.47. The summed E-state index contributed by atoms with van der Waals surface area (Å²) in [5.74, 6) is 0.407. The molecule has 0 saturated carbocycles. The summed E-state index contributed by atoms with van der Waals surface area (Å²) in [6, 6.07) is 6.92. The summed E-state index contributed by atoms with van der Waals surface area (Å²) in [7, 11) is 0. The number of hydrogen-bond donors (Lipinski definition) is 2. The lowest BCUT2D eigenvalue weighted by Crippen LogP contribution is -2.29. The zero-order valence-electron chi connectivity index (χ0n) is 9.11. The van der Waals surface area contributed by atoms with Gasteiger partial charge in [0.05, 0.1) is 6.61 Å². The Morgan fingerprint density at radius 3 is 2.81 bits per heavy atom. The molecule has 16 heavy (non-hydrogen) atoms. The molecule has 1 aliphatic heterocycles. The number of carbonyl (C=O) groups excluding carboxylic acids is 1. The van der Waals surface area contributed by atoms with Crippen LogP contribution in [0.4, 0.5) is 5.69 Å². The molecule has 0 spiro atoms. The van der Waals surface area contributed by atoms with E-state index >= 15 is 0 Å². The highest BCUT2D eigenvalue weighted by Gasteiger charge is 2.16. The molecule has 0 radical (unpaired) electrons. The Hall–Kier alpha value is -1.55. The van der Waals surface area contributed by atoms with Gasteiger partial charge in [0.15, 0.2) is 0 Å². The summed E-state index contributed by atoms with van der Waals surface area (Å²) in [5, 5.41) is 2.90. The molecular weight excluding hydrogens is 204 g/mol. The van der Waals surface area contributed by atoms with E-state index in [0.717, 1.165) is 19.6 Å². The van der Waals surface area contributed by atoms with Crippen molar-refractivity contribution < 1.29 is 9.53 Å². The average Bonchev–Trinajstić information content (AvgIpc) is 2.80. The molecule has 1 fully saturated rings. The molecule has 1 saturated heterocycles. The lowest BCUT2D eigenvalue weighted by molar-refractivity contribution is 0.0945. The van der Waals surface area contributed by atoms with Gasteiger partial charge in [-0.05, 0) is 30.7 Å². The number of nitrogen functional groups attached to an aromatic ring is 1. The van der Waals surface area contributed by atoms with Crippen molar-refractivity contribution in [3.63, 3.8) is 0 Å². The van der Waals surface area contributed by atoms with Gasteiger partial charge in [-0.25, -0.2) is 0 Å². The molecule has 1 aromatic carbocycles. The third-order valence-electron chi connectivity index (χ3n) is 2.75. The molecule has 0 bridgehead atoms. The van der Waals surface area contributed by atoms with Crippen LogP contribution in [0.2, 0.25) is 0 Å². The molecule has 1 aliphatic rings. The summed E-state index contributed by atoms with van der Waals surface area (Å²) in [6.07, 6.45) is 1.03. The highest BCUT2D eigenvalue weighted by atomic mass is 16.5. The summed E-state index contributed by atoms with van der Waals surface area (Å²) in [6.45, 7) is 2.24. The Labute approximate surface area is 94.8 Å². The monoisotopic (exact) mass is 220 g/mol. The fourth-order valence-electron chi connectivity index (χ4n) is 1.72. The molecule has 86 valence electrons. The van der Waals surface area contributed by atoms with Crippen molar-refractivity contribution in [2.24, 2.45) is 5.92 Å². The molecule has 1 heterocycles. The van der Waals surface area contributed by atoms with E-state index in [1.165, 1.54) is 0 Å². The number of hydrogen-bond acceptors (Lipinski definition) is 3. The van der Waals surface area contributed by atoms with Crippen LogP contribution in [0.15, 0.2) is 24.3 Å². The van der Waals surface area contributed by atoms with Gasteiger partial charge in [-0.1, -0.05) is 0 Å². The molecule has 1 amide bonds. The van der Waals surface area contributed by atoms with Gasteiger partial charge in [0.25, 0.3) is 5.91 Å². The number of rotatable bonds is 3. The van der Waals surface area contributed by atoms with E-state index in [0.29, 0.717) is 23.7 Å². The first-order chi connectivity index (χ1) is 7.75. The average molecular weight is 220 g/mol. The van der Waals surface area contributed by atoms with Crippen molar-refractivity contribution in [1.29, 1.82) is 0 Å². The number of carbonyl (C=O) groups is 1. The lowest BCUT2D eigenvalue weighted by Gasteiger charge is -2.09. The van der Waals surface area contributed by atoms with Crippen LogP contribution in [0.3, 0.4) is 0 Å². The van der Waals surface area contributed by atoms with Gasteiger partial charge in [0.2, 0.25) is 0 Å². The number of benzene rings is 1. The van der Waals surface area contributed by atoms with Crippen molar-refractivity contribution in [2.75, 3.05) is 25.5 Å². The fourth-order valence-corrected chi connectivity index (χ4v) is 1.72. The van der Waals surface area contributed by atoms with Crippen LogP contribution in [-0.4, -0.2) is 25.7 Å². The van der Waals surface area contributed by atoms with Crippen molar-refractivity contribution in [3.8, 4) is 0 Å². The van der Waals surface area contributed by atoms with Crippen molar-refractivity contribution in [3.05, 3.63) is 29.8 Å². The second-order valence-electron chi connectivity index (χ2n) is 4.06. The number of nitrogens with two attached hydrogens (primary N) is 1. The molecule has 1 unspecified atom stereocenters. The maximum atomic E-state index is 11.7. The van der Waals surface area contributed by atoms with Crippen molar-refractivity contribution >= 4 is 11.6 Å². The third-order valence-corrected chi connectivity index (χ3v) is 2.75. The fraction of sp³-hybridized carbons (Fsp3) is 0.417. The Bertz CT molecular complexity index is 356. The minimum Gasteiger partial charge on any atom is -0.399 e. The Balaban J connectivity index is 1.85. The highest BCUT2D eigenvalue weighted by molar-refractivity contribution is 5.94. The van der Waals surface area contributed by atoms with Gasteiger partial charge in [-0.15, -0.1) is 0 Å².